The summed E-state index contributed by atoms with van der Waals surface area (Å²) in [6.45, 7) is -0.552. The van der Waals surface area contributed by atoms with Gasteiger partial charge < -0.3 is 10.1 Å². The molecule has 0 spiro atoms. The van der Waals surface area contributed by atoms with Gasteiger partial charge in [-0.15, -0.1) is 0 Å². The van der Waals surface area contributed by atoms with Crippen LogP contribution in [0.2, 0.25) is 5.02 Å². The number of hydrogen-bond donors (Lipinski definition) is 1. The van der Waals surface area contributed by atoms with Crippen molar-refractivity contribution in [2.45, 2.75) is 37.0 Å². The number of anilines is 2. The number of cyclic esters (lactones) is 1. The van der Waals surface area contributed by atoms with Crippen LogP contribution in [0.15, 0.2) is 60.8 Å². The SMILES string of the molecule is N#Cc1cc(F)cc(N(C(C(=O)NC2CC(F)(F)C2)c2ccccc2Cl)[N+](=O)C2COC(=O)N2c2cc(C#N)ccn2)c1. The predicted octanol–water partition coefficient (Wildman–Crippen LogP) is 4.76. The van der Waals surface area contributed by atoms with Crippen LogP contribution < -0.4 is 15.2 Å². The van der Waals surface area contributed by atoms with Crippen LogP contribution in [0, 0.1) is 33.4 Å². The van der Waals surface area contributed by atoms with E-state index in [0.717, 1.165) is 28.1 Å². The third kappa shape index (κ3) is 5.91. The lowest BCUT2D eigenvalue weighted by Crippen LogP contribution is -2.56. The van der Waals surface area contributed by atoms with Gasteiger partial charge >= 0.3 is 12.3 Å². The highest BCUT2D eigenvalue weighted by atomic mass is 35.5. The van der Waals surface area contributed by atoms with Crippen molar-refractivity contribution in [1.29, 1.82) is 10.5 Å². The van der Waals surface area contributed by atoms with Crippen molar-refractivity contribution in [3.8, 4) is 12.1 Å². The number of aromatic nitrogens is 1. The fraction of sp³-hybridized carbons (Fsp3) is 0.250. The van der Waals surface area contributed by atoms with Gasteiger partial charge in [-0.3, -0.25) is 4.79 Å². The predicted molar refractivity (Wildman–Crippen MR) is 144 cm³/mol. The summed E-state index contributed by atoms with van der Waals surface area (Å²) >= 11 is 6.46. The number of carbonyl (C=O) groups excluding carboxylic acids is 2. The highest BCUT2D eigenvalue weighted by Crippen LogP contribution is 2.39. The number of ether oxygens (including phenoxy) is 1. The number of nitroso groups, excluding NO2 is 1. The minimum atomic E-state index is -2.97. The van der Waals surface area contributed by atoms with Crippen molar-refractivity contribution < 1.29 is 32.4 Å². The zero-order chi connectivity index (χ0) is 30.9. The van der Waals surface area contributed by atoms with Gasteiger partial charge in [0.2, 0.25) is 0 Å². The molecule has 2 aliphatic rings. The van der Waals surface area contributed by atoms with Gasteiger partial charge in [0, 0.05) is 41.7 Å². The summed E-state index contributed by atoms with van der Waals surface area (Å²) in [5, 5.41) is 22.1. The van der Waals surface area contributed by atoms with Crippen LogP contribution in [-0.2, 0) is 9.53 Å². The third-order valence-electron chi connectivity index (χ3n) is 6.84. The van der Waals surface area contributed by atoms with Gasteiger partial charge in [-0.1, -0.05) is 34.8 Å². The molecule has 2 atom stereocenters. The summed E-state index contributed by atoms with van der Waals surface area (Å²) in [5.41, 5.74) is -0.335. The molecule has 2 aromatic carbocycles. The molecular formula is C28H20ClF3N7O4+. The second-order valence-corrected chi connectivity index (χ2v) is 10.2. The van der Waals surface area contributed by atoms with Crippen LogP contribution >= 0.6 is 11.6 Å². The first-order chi connectivity index (χ1) is 20.5. The van der Waals surface area contributed by atoms with Gasteiger partial charge in [-0.05, 0) is 30.3 Å². The topological polar surface area (TPSA) is 142 Å². The van der Waals surface area contributed by atoms with Crippen LogP contribution in [0.4, 0.5) is 29.5 Å². The van der Waals surface area contributed by atoms with Gasteiger partial charge in [0.15, 0.2) is 17.5 Å². The maximum atomic E-state index is 14.8. The van der Waals surface area contributed by atoms with Crippen molar-refractivity contribution in [1.82, 2.24) is 10.3 Å². The number of pyridine rings is 1. The Morgan fingerprint density at radius 1 is 1.16 bits per heavy atom. The first kappa shape index (κ1) is 29.3. The van der Waals surface area contributed by atoms with E-state index in [1.807, 2.05) is 6.07 Å². The molecule has 0 bridgehead atoms. The average molecular weight is 611 g/mol. The summed E-state index contributed by atoms with van der Waals surface area (Å²) in [7, 11) is 0. The van der Waals surface area contributed by atoms with Crippen LogP contribution in [0.1, 0.15) is 35.6 Å². The molecule has 43 heavy (non-hydrogen) atoms. The van der Waals surface area contributed by atoms with Crippen molar-refractivity contribution in [2.75, 3.05) is 16.5 Å². The van der Waals surface area contributed by atoms with Gasteiger partial charge in [0.1, 0.15) is 17.3 Å². The summed E-state index contributed by atoms with van der Waals surface area (Å²) in [6, 6.07) is 12.5. The molecule has 1 saturated carbocycles. The number of hydrogen-bond acceptors (Lipinski definition) is 7. The molecule has 1 aliphatic heterocycles. The molecule has 0 radical (unpaired) electrons. The van der Waals surface area contributed by atoms with Crippen LogP contribution in [0.25, 0.3) is 0 Å². The molecule has 2 fully saturated rings. The monoisotopic (exact) mass is 610 g/mol. The van der Waals surface area contributed by atoms with Crippen LogP contribution in [0.3, 0.4) is 0 Å². The zero-order valence-electron chi connectivity index (χ0n) is 22.0. The molecule has 1 aliphatic carbocycles. The first-order valence-corrected chi connectivity index (χ1v) is 13.1. The number of hydrazine groups is 1. The average Bonchev–Trinajstić information content (AvgIpc) is 3.35. The number of nitrogens with zero attached hydrogens (tertiary/aromatic N) is 6. The lowest BCUT2D eigenvalue weighted by molar-refractivity contribution is -0.598. The van der Waals surface area contributed by atoms with E-state index in [0.29, 0.717) is 0 Å². The molecule has 15 heteroatoms. The molecule has 1 saturated heterocycles. The second-order valence-electron chi connectivity index (χ2n) is 9.79. The third-order valence-corrected chi connectivity index (χ3v) is 7.19. The van der Waals surface area contributed by atoms with E-state index in [1.54, 1.807) is 12.1 Å². The molecule has 2 unspecified atom stereocenters. The Balaban J connectivity index is 1.65. The molecule has 11 nitrogen and oxygen atoms in total. The second kappa shape index (κ2) is 11.6. The van der Waals surface area contributed by atoms with Crippen molar-refractivity contribution in [3.63, 3.8) is 0 Å². The number of alkyl halides is 2. The van der Waals surface area contributed by atoms with Crippen LogP contribution in [-0.4, -0.2) is 46.6 Å². The van der Waals surface area contributed by atoms with Gasteiger partial charge in [0.25, 0.3) is 11.8 Å². The summed E-state index contributed by atoms with van der Waals surface area (Å²) < 4.78 is 47.1. The van der Waals surface area contributed by atoms with Crippen molar-refractivity contribution >= 4 is 35.1 Å². The Morgan fingerprint density at radius 2 is 1.88 bits per heavy atom. The van der Waals surface area contributed by atoms with E-state index in [4.69, 9.17) is 16.3 Å². The van der Waals surface area contributed by atoms with E-state index >= 15 is 0 Å². The zero-order valence-corrected chi connectivity index (χ0v) is 22.7. The maximum Gasteiger partial charge on any atom is 0.421 e. The Bertz CT molecular complexity index is 1700. The Morgan fingerprint density at radius 3 is 2.56 bits per heavy atom. The first-order valence-electron chi connectivity index (χ1n) is 12.7. The fourth-order valence-electron chi connectivity index (χ4n) is 4.86. The summed E-state index contributed by atoms with van der Waals surface area (Å²) in [5.74, 6) is -4.96. The fourth-order valence-corrected chi connectivity index (χ4v) is 5.09. The Labute approximate surface area is 247 Å². The number of benzene rings is 2. The molecule has 2 heterocycles. The number of rotatable bonds is 8. The number of amides is 2. The molecule has 2 amide bonds. The Kier molecular flexibility index (Phi) is 7.89. The van der Waals surface area contributed by atoms with E-state index in [1.165, 1.54) is 36.5 Å². The molecule has 5 rings (SSSR count). The molecule has 1 aromatic heterocycles. The minimum Gasteiger partial charge on any atom is -0.439 e. The van der Waals surface area contributed by atoms with E-state index in [2.05, 4.69) is 10.3 Å². The summed E-state index contributed by atoms with van der Waals surface area (Å²) in [4.78, 5) is 46.1. The van der Waals surface area contributed by atoms with Gasteiger partial charge in [-0.25, -0.2) is 22.9 Å². The number of nitrogens with one attached hydrogen (secondary N) is 1. The van der Waals surface area contributed by atoms with Crippen molar-refractivity contribution in [2.24, 2.45) is 0 Å². The van der Waals surface area contributed by atoms with E-state index < -0.39 is 61.4 Å². The van der Waals surface area contributed by atoms with Crippen molar-refractivity contribution in [3.05, 3.63) is 93.2 Å². The quantitative estimate of drug-likeness (QED) is 0.284. The number of nitriles is 2. The number of halogens is 4. The highest BCUT2D eigenvalue weighted by molar-refractivity contribution is 6.31. The molecular weight excluding hydrogens is 591 g/mol. The van der Waals surface area contributed by atoms with Gasteiger partial charge in [0.05, 0.1) is 28.2 Å². The molecule has 218 valence electrons. The molecule has 1 N–H and O–H groups in total. The van der Waals surface area contributed by atoms with Gasteiger partial charge in [-0.2, -0.15) is 15.4 Å². The highest BCUT2D eigenvalue weighted by Gasteiger charge is 2.53. The Hall–Kier alpha value is -5.21. The number of carbonyl (C=O) groups is 2. The summed E-state index contributed by atoms with van der Waals surface area (Å²) in [6.07, 6.45) is -2.58. The molecule has 3 aromatic rings. The van der Waals surface area contributed by atoms with E-state index in [9.17, 15) is 38.2 Å². The van der Waals surface area contributed by atoms with Crippen LogP contribution in [0.5, 0.6) is 0 Å². The largest absolute Gasteiger partial charge is 0.439 e. The minimum absolute atomic E-state index is 0.0101. The normalized spacial score (nSPS) is 18.0. The van der Waals surface area contributed by atoms with E-state index in [-0.39, 0.29) is 38.1 Å². The standard InChI is InChI=1S/C28H19ClF3N7O4/c29-22-4-2-1-3-21(22)25(26(40)36-19-11-28(31,32)12-19)38(20-8-17(14-34)7-18(30)10-20)39(42)24-15-43-27(41)37(24)23-9-16(13-33)5-6-35-23/h1-10,19,24-25H,11-12,15H2/p+1. The maximum absolute atomic E-state index is 14.8. The smallest absolute Gasteiger partial charge is 0.421 e. The lowest BCUT2D eigenvalue weighted by Gasteiger charge is -2.36. The lowest BCUT2D eigenvalue weighted by atomic mass is 9.88.